The molecule has 0 unspecified atom stereocenters. The Morgan fingerprint density at radius 3 is 2.57 bits per heavy atom. The molecule has 0 aliphatic carbocycles. The second-order valence-electron chi connectivity index (χ2n) is 4.70. The molecule has 2 aromatic rings. The number of hydrogen-bond acceptors (Lipinski definition) is 4. The smallest absolute Gasteiger partial charge is 0.348 e. The molecule has 5 nitrogen and oxygen atoms in total. The number of nitrogens with zero attached hydrogens (tertiary/aromatic N) is 1. The highest BCUT2D eigenvalue weighted by atomic mass is 32.1. The minimum Gasteiger partial charge on any atom is -0.477 e. The third-order valence-electron chi connectivity index (χ3n) is 3.17. The number of carbonyl (C=O) groups excluding carboxylic acids is 1. The molecule has 0 saturated heterocycles. The summed E-state index contributed by atoms with van der Waals surface area (Å²) in [6, 6.07) is 5.68. The summed E-state index contributed by atoms with van der Waals surface area (Å²) in [7, 11) is 0. The summed E-state index contributed by atoms with van der Waals surface area (Å²) < 4.78 is 0. The number of anilines is 1. The lowest BCUT2D eigenvalue weighted by Crippen LogP contribution is -2.08. The van der Waals surface area contributed by atoms with Crippen LogP contribution in [0.2, 0.25) is 0 Å². The Labute approximate surface area is 126 Å². The fourth-order valence-electron chi connectivity index (χ4n) is 1.81. The first-order valence-electron chi connectivity index (χ1n) is 6.54. The Kier molecular flexibility index (Phi) is 4.37. The van der Waals surface area contributed by atoms with Gasteiger partial charge >= 0.3 is 5.97 Å². The SMILES string of the molecule is CCC(=O)Nc1nc(-c2ccc(C)c(C)c2)c(C(=O)O)s1. The van der Waals surface area contributed by atoms with Crippen LogP contribution in [0.5, 0.6) is 0 Å². The van der Waals surface area contributed by atoms with Gasteiger partial charge < -0.3 is 10.4 Å². The van der Waals surface area contributed by atoms with Gasteiger partial charge in [0.1, 0.15) is 4.88 Å². The van der Waals surface area contributed by atoms with Gasteiger partial charge in [-0.3, -0.25) is 4.79 Å². The van der Waals surface area contributed by atoms with Crippen LogP contribution in [0.1, 0.15) is 34.1 Å². The maximum absolute atomic E-state index is 11.4. The number of rotatable bonds is 4. The number of carbonyl (C=O) groups is 2. The maximum atomic E-state index is 11.4. The molecule has 0 spiro atoms. The number of aryl methyl sites for hydroxylation is 2. The first-order chi connectivity index (χ1) is 9.92. The summed E-state index contributed by atoms with van der Waals surface area (Å²) >= 11 is 0.974. The third kappa shape index (κ3) is 3.28. The van der Waals surface area contributed by atoms with Crippen molar-refractivity contribution in [2.45, 2.75) is 27.2 Å². The number of nitrogens with one attached hydrogen (secondary N) is 1. The van der Waals surface area contributed by atoms with Gasteiger partial charge in [-0.15, -0.1) is 0 Å². The predicted molar refractivity (Wildman–Crippen MR) is 82.9 cm³/mol. The van der Waals surface area contributed by atoms with Crippen molar-refractivity contribution in [2.75, 3.05) is 5.32 Å². The largest absolute Gasteiger partial charge is 0.477 e. The van der Waals surface area contributed by atoms with Crippen LogP contribution < -0.4 is 5.32 Å². The molecule has 0 atom stereocenters. The van der Waals surface area contributed by atoms with E-state index in [1.54, 1.807) is 6.92 Å². The van der Waals surface area contributed by atoms with E-state index in [0.717, 1.165) is 28.0 Å². The van der Waals surface area contributed by atoms with Crippen molar-refractivity contribution in [3.63, 3.8) is 0 Å². The first kappa shape index (κ1) is 15.2. The molecule has 6 heteroatoms. The molecule has 0 aliphatic heterocycles. The van der Waals surface area contributed by atoms with Crippen molar-refractivity contribution in [1.82, 2.24) is 4.98 Å². The highest BCUT2D eigenvalue weighted by Gasteiger charge is 2.19. The van der Waals surface area contributed by atoms with Crippen molar-refractivity contribution in [1.29, 1.82) is 0 Å². The Balaban J connectivity index is 2.48. The topological polar surface area (TPSA) is 79.3 Å². The van der Waals surface area contributed by atoms with Crippen LogP contribution in [0.3, 0.4) is 0 Å². The van der Waals surface area contributed by atoms with Crippen LogP contribution in [0.25, 0.3) is 11.3 Å². The summed E-state index contributed by atoms with van der Waals surface area (Å²) in [5, 5.41) is 12.2. The summed E-state index contributed by atoms with van der Waals surface area (Å²) in [6.45, 7) is 5.68. The van der Waals surface area contributed by atoms with Crippen molar-refractivity contribution in [2.24, 2.45) is 0 Å². The van der Waals surface area contributed by atoms with Crippen LogP contribution in [0.4, 0.5) is 5.13 Å². The van der Waals surface area contributed by atoms with Gasteiger partial charge in [-0.1, -0.05) is 30.4 Å². The van der Waals surface area contributed by atoms with Crippen molar-refractivity contribution in [3.05, 3.63) is 34.2 Å². The zero-order chi connectivity index (χ0) is 15.6. The van der Waals surface area contributed by atoms with E-state index in [1.807, 2.05) is 32.0 Å². The summed E-state index contributed by atoms with van der Waals surface area (Å²) in [5.41, 5.74) is 3.33. The molecule has 0 bridgehead atoms. The van der Waals surface area contributed by atoms with Crippen LogP contribution in [-0.4, -0.2) is 22.0 Å². The molecule has 0 saturated carbocycles. The number of aromatic nitrogens is 1. The number of amides is 1. The number of aromatic carboxylic acids is 1. The highest BCUT2D eigenvalue weighted by molar-refractivity contribution is 7.18. The molecule has 2 N–H and O–H groups in total. The second-order valence-corrected chi connectivity index (χ2v) is 5.70. The van der Waals surface area contributed by atoms with Gasteiger partial charge in [0, 0.05) is 12.0 Å². The molecule has 0 radical (unpaired) electrons. The second kappa shape index (κ2) is 6.05. The maximum Gasteiger partial charge on any atom is 0.348 e. The Hall–Kier alpha value is -2.21. The summed E-state index contributed by atoms with van der Waals surface area (Å²) in [4.78, 5) is 27.2. The number of carboxylic acids is 1. The van der Waals surface area contributed by atoms with Gasteiger partial charge in [0.05, 0.1) is 5.69 Å². The molecular weight excluding hydrogens is 288 g/mol. The quantitative estimate of drug-likeness (QED) is 0.906. The third-order valence-corrected chi connectivity index (χ3v) is 4.13. The van der Waals surface area contributed by atoms with Crippen molar-refractivity contribution >= 4 is 28.3 Å². The first-order valence-corrected chi connectivity index (χ1v) is 7.35. The van der Waals surface area contributed by atoms with Crippen LogP contribution >= 0.6 is 11.3 Å². The highest BCUT2D eigenvalue weighted by Crippen LogP contribution is 2.32. The average molecular weight is 304 g/mol. The van der Waals surface area contributed by atoms with Crippen LogP contribution in [-0.2, 0) is 4.79 Å². The number of hydrogen-bond donors (Lipinski definition) is 2. The lowest BCUT2D eigenvalue weighted by atomic mass is 10.0. The van der Waals surface area contributed by atoms with E-state index in [0.29, 0.717) is 17.2 Å². The van der Waals surface area contributed by atoms with Crippen LogP contribution in [0.15, 0.2) is 18.2 Å². The molecule has 1 aromatic carbocycles. The number of thiazole rings is 1. The fourth-order valence-corrected chi connectivity index (χ4v) is 2.65. The fraction of sp³-hybridized carbons (Fsp3) is 0.267. The van der Waals surface area contributed by atoms with Crippen LogP contribution in [0, 0.1) is 13.8 Å². The number of carboxylic acid groups (broad SMARTS) is 1. The van der Waals surface area contributed by atoms with Crippen molar-refractivity contribution < 1.29 is 14.7 Å². The van der Waals surface area contributed by atoms with Gasteiger partial charge in [-0.2, -0.15) is 0 Å². The standard InChI is InChI=1S/C15H16N2O3S/c1-4-11(18)16-15-17-12(13(21-15)14(19)20)10-6-5-8(2)9(3)7-10/h5-7H,4H2,1-3H3,(H,19,20)(H,16,17,18). The van der Waals surface area contributed by atoms with E-state index in [9.17, 15) is 14.7 Å². The molecule has 2 rings (SSSR count). The molecule has 1 heterocycles. The molecule has 110 valence electrons. The van der Waals surface area contributed by atoms with Gasteiger partial charge in [0.15, 0.2) is 5.13 Å². The van der Waals surface area contributed by atoms with E-state index in [2.05, 4.69) is 10.3 Å². The minimum atomic E-state index is -1.04. The zero-order valence-corrected chi connectivity index (χ0v) is 12.9. The monoisotopic (exact) mass is 304 g/mol. The van der Waals surface area contributed by atoms with E-state index >= 15 is 0 Å². The molecule has 0 fully saturated rings. The van der Waals surface area contributed by atoms with Gasteiger partial charge in [0.2, 0.25) is 5.91 Å². The van der Waals surface area contributed by atoms with E-state index in [-0.39, 0.29) is 10.8 Å². The zero-order valence-electron chi connectivity index (χ0n) is 12.1. The Morgan fingerprint density at radius 2 is 2.00 bits per heavy atom. The summed E-state index contributed by atoms with van der Waals surface area (Å²) in [6.07, 6.45) is 0.320. The number of benzene rings is 1. The van der Waals surface area contributed by atoms with E-state index < -0.39 is 5.97 Å². The summed E-state index contributed by atoms with van der Waals surface area (Å²) in [5.74, 6) is -1.23. The Bertz CT molecular complexity index is 707. The van der Waals surface area contributed by atoms with E-state index in [1.165, 1.54) is 0 Å². The predicted octanol–water partition coefficient (Wildman–Crippen LogP) is 3.47. The lowest BCUT2D eigenvalue weighted by molar-refractivity contribution is -0.115. The van der Waals surface area contributed by atoms with Crippen molar-refractivity contribution in [3.8, 4) is 11.3 Å². The molecule has 21 heavy (non-hydrogen) atoms. The Morgan fingerprint density at radius 1 is 1.29 bits per heavy atom. The molecule has 0 aliphatic rings. The molecule has 1 aromatic heterocycles. The normalized spacial score (nSPS) is 10.4. The molecule has 1 amide bonds. The molecular formula is C15H16N2O3S. The van der Waals surface area contributed by atoms with Gasteiger partial charge in [-0.05, 0) is 31.0 Å². The van der Waals surface area contributed by atoms with E-state index in [4.69, 9.17) is 0 Å². The lowest BCUT2D eigenvalue weighted by Gasteiger charge is -2.03. The average Bonchev–Trinajstić information content (AvgIpc) is 2.85. The van der Waals surface area contributed by atoms with Gasteiger partial charge in [0.25, 0.3) is 0 Å². The van der Waals surface area contributed by atoms with Gasteiger partial charge in [-0.25, -0.2) is 9.78 Å². The minimum absolute atomic E-state index is 0.129.